The van der Waals surface area contributed by atoms with Crippen molar-refractivity contribution >= 4 is 64.1 Å². The lowest BCUT2D eigenvalue weighted by molar-refractivity contribution is 0.590. The lowest BCUT2D eigenvalue weighted by Gasteiger charge is -2.22. The molecule has 0 aliphatic heterocycles. The van der Waals surface area contributed by atoms with E-state index in [1.807, 2.05) is 11.3 Å². The van der Waals surface area contributed by atoms with E-state index in [1.54, 1.807) is 0 Å². The highest BCUT2D eigenvalue weighted by molar-refractivity contribution is 7.26. The maximum Gasteiger partial charge on any atom is 0.139 e. The summed E-state index contributed by atoms with van der Waals surface area (Å²) in [7, 11) is 0. The molecule has 2 heterocycles. The van der Waals surface area contributed by atoms with Crippen LogP contribution in [0.5, 0.6) is 0 Å². The largest absolute Gasteiger partial charge is 0.337 e. The molecule has 0 amide bonds. The highest BCUT2D eigenvalue weighted by atomic mass is 32.1. The minimum atomic E-state index is 0.0242. The number of benzene rings is 7. The number of fused-ring (bicyclic) bond motifs is 7. The number of rotatable bonds is 3. The summed E-state index contributed by atoms with van der Waals surface area (Å²) in [4.78, 5) is 9.23. The van der Waals surface area contributed by atoms with E-state index in [0.29, 0.717) is 0 Å². The molecule has 0 radical (unpaired) electrons. The van der Waals surface area contributed by atoms with Gasteiger partial charge in [-0.15, -0.1) is 11.3 Å². The van der Waals surface area contributed by atoms with Gasteiger partial charge in [0.05, 0.1) is 11.0 Å². The highest BCUT2D eigenvalue weighted by Crippen LogP contribution is 2.45. The molecule has 3 heteroatoms. The molecule has 9 rings (SSSR count). The zero-order chi connectivity index (χ0) is 31.0. The Morgan fingerprint density at radius 3 is 2.17 bits per heavy atom. The molecule has 0 aliphatic carbocycles. The average Bonchev–Trinajstić information content (AvgIpc) is 3.68. The molecule has 46 heavy (non-hydrogen) atoms. The predicted molar refractivity (Wildman–Crippen MR) is 199 cm³/mol. The summed E-state index contributed by atoms with van der Waals surface area (Å²) in [6.07, 6.45) is 0. The SMILES string of the molecule is CC(C)(C)c1ccc(-c2c3ccc4ccccc4c3cc3nc(-c4cccc5c4sc4ccccc45)[nH]c23)c(-c2ccccc2)c1. The standard InChI is InChI=1S/C43H32N2S/c1-43(2,3)28-21-23-31(35(24-28)26-12-5-4-6-13-26)39-32-22-20-27-14-7-8-15-29(27)36(32)25-37-40(39)45-42(44-37)34-18-11-17-33-30-16-9-10-19-38(30)46-41(33)34/h4-25H,1-3H3,(H,44,45). The molecule has 0 saturated heterocycles. The quantitative estimate of drug-likeness (QED) is 0.199. The monoisotopic (exact) mass is 608 g/mol. The van der Waals surface area contributed by atoms with Crippen LogP contribution in [0.2, 0.25) is 0 Å². The summed E-state index contributed by atoms with van der Waals surface area (Å²) < 4.78 is 2.56. The van der Waals surface area contributed by atoms with Gasteiger partial charge in [-0.25, -0.2) is 4.98 Å². The summed E-state index contributed by atoms with van der Waals surface area (Å²) in [5.74, 6) is 0.903. The van der Waals surface area contributed by atoms with Crippen LogP contribution in [0.1, 0.15) is 26.3 Å². The van der Waals surface area contributed by atoms with Crippen molar-refractivity contribution in [2.75, 3.05) is 0 Å². The van der Waals surface area contributed by atoms with Gasteiger partial charge in [-0.1, -0.05) is 130 Å². The number of H-pyrrole nitrogens is 1. The molecule has 0 spiro atoms. The molecular weight excluding hydrogens is 577 g/mol. The fraction of sp³-hybridized carbons (Fsp3) is 0.0930. The van der Waals surface area contributed by atoms with Crippen molar-refractivity contribution in [2.24, 2.45) is 0 Å². The number of nitrogens with one attached hydrogen (secondary N) is 1. The lowest BCUT2D eigenvalue weighted by Crippen LogP contribution is -2.11. The topological polar surface area (TPSA) is 28.7 Å². The van der Waals surface area contributed by atoms with Crippen molar-refractivity contribution in [1.29, 1.82) is 0 Å². The minimum absolute atomic E-state index is 0.0242. The van der Waals surface area contributed by atoms with E-state index < -0.39 is 0 Å². The fourth-order valence-corrected chi connectivity index (χ4v) is 8.27. The molecule has 0 bridgehead atoms. The first-order valence-corrected chi connectivity index (χ1v) is 16.7. The number of hydrogen-bond donors (Lipinski definition) is 1. The Kier molecular flexibility index (Phi) is 5.97. The Morgan fingerprint density at radius 2 is 1.33 bits per heavy atom. The predicted octanol–water partition coefficient (Wildman–Crippen LogP) is 12.5. The maximum absolute atomic E-state index is 5.36. The van der Waals surface area contributed by atoms with Gasteiger partial charge in [0.15, 0.2) is 0 Å². The first-order chi connectivity index (χ1) is 22.4. The Bertz CT molecular complexity index is 2620. The molecule has 1 N–H and O–H groups in total. The van der Waals surface area contributed by atoms with E-state index >= 15 is 0 Å². The molecule has 7 aromatic carbocycles. The van der Waals surface area contributed by atoms with Crippen LogP contribution in [-0.2, 0) is 5.41 Å². The minimum Gasteiger partial charge on any atom is -0.337 e. The van der Waals surface area contributed by atoms with Gasteiger partial charge in [-0.3, -0.25) is 0 Å². The van der Waals surface area contributed by atoms with Crippen LogP contribution in [0.3, 0.4) is 0 Å². The van der Waals surface area contributed by atoms with Gasteiger partial charge < -0.3 is 4.98 Å². The molecule has 0 atom stereocenters. The first kappa shape index (κ1) is 27.1. The third kappa shape index (κ3) is 4.19. The van der Waals surface area contributed by atoms with Crippen LogP contribution < -0.4 is 0 Å². The van der Waals surface area contributed by atoms with Crippen LogP contribution in [0.15, 0.2) is 133 Å². The smallest absolute Gasteiger partial charge is 0.139 e. The Labute approximate surface area is 272 Å². The summed E-state index contributed by atoms with van der Waals surface area (Å²) in [5, 5.41) is 7.49. The van der Waals surface area contributed by atoms with Crippen molar-refractivity contribution in [3.8, 4) is 33.6 Å². The summed E-state index contributed by atoms with van der Waals surface area (Å²) in [6, 6.07) is 48.7. The zero-order valence-corrected chi connectivity index (χ0v) is 26.9. The number of imidazole rings is 1. The normalized spacial score (nSPS) is 12.2. The third-order valence-corrected chi connectivity index (χ3v) is 10.6. The van der Waals surface area contributed by atoms with Gasteiger partial charge in [0.1, 0.15) is 5.82 Å². The second kappa shape index (κ2) is 10.1. The van der Waals surface area contributed by atoms with Crippen LogP contribution in [0, 0.1) is 0 Å². The van der Waals surface area contributed by atoms with Crippen LogP contribution in [0.4, 0.5) is 0 Å². The van der Waals surface area contributed by atoms with Crippen LogP contribution in [-0.4, -0.2) is 9.97 Å². The molecule has 0 unspecified atom stereocenters. The third-order valence-electron chi connectivity index (χ3n) is 9.40. The number of hydrogen-bond acceptors (Lipinski definition) is 2. The van der Waals surface area contributed by atoms with E-state index in [-0.39, 0.29) is 5.41 Å². The second-order valence-corrected chi connectivity index (χ2v) is 14.3. The first-order valence-electron chi connectivity index (χ1n) is 15.9. The van der Waals surface area contributed by atoms with Crippen molar-refractivity contribution in [3.05, 3.63) is 139 Å². The summed E-state index contributed by atoms with van der Waals surface area (Å²) in [5.41, 5.74) is 9.38. The van der Waals surface area contributed by atoms with Gasteiger partial charge >= 0.3 is 0 Å². The molecule has 0 fully saturated rings. The van der Waals surface area contributed by atoms with Crippen molar-refractivity contribution in [3.63, 3.8) is 0 Å². The number of nitrogens with zero attached hydrogens (tertiary/aromatic N) is 1. The average molecular weight is 609 g/mol. The van der Waals surface area contributed by atoms with E-state index in [4.69, 9.17) is 4.98 Å². The van der Waals surface area contributed by atoms with Gasteiger partial charge in [-0.2, -0.15) is 0 Å². The zero-order valence-electron chi connectivity index (χ0n) is 26.1. The Morgan fingerprint density at radius 1 is 0.565 bits per heavy atom. The van der Waals surface area contributed by atoms with Crippen LogP contribution in [0.25, 0.3) is 86.4 Å². The van der Waals surface area contributed by atoms with E-state index in [1.165, 1.54) is 69.5 Å². The lowest BCUT2D eigenvalue weighted by atomic mass is 9.82. The van der Waals surface area contributed by atoms with Crippen molar-refractivity contribution < 1.29 is 0 Å². The van der Waals surface area contributed by atoms with Gasteiger partial charge in [0.25, 0.3) is 0 Å². The Hall–Kier alpha value is -5.25. The molecule has 2 aromatic heterocycles. The molecule has 0 saturated carbocycles. The number of thiophene rings is 1. The van der Waals surface area contributed by atoms with Crippen molar-refractivity contribution in [1.82, 2.24) is 9.97 Å². The van der Waals surface area contributed by atoms with Gasteiger partial charge in [-0.05, 0) is 73.5 Å². The molecule has 220 valence electrons. The van der Waals surface area contributed by atoms with Gasteiger partial charge in [0, 0.05) is 31.3 Å². The number of aromatic nitrogens is 2. The van der Waals surface area contributed by atoms with E-state index in [2.05, 4.69) is 159 Å². The van der Waals surface area contributed by atoms with Crippen molar-refractivity contribution in [2.45, 2.75) is 26.2 Å². The highest BCUT2D eigenvalue weighted by Gasteiger charge is 2.22. The van der Waals surface area contributed by atoms with E-state index in [0.717, 1.165) is 22.4 Å². The maximum atomic E-state index is 5.36. The number of aromatic amines is 1. The summed E-state index contributed by atoms with van der Waals surface area (Å²) >= 11 is 1.84. The Balaban J connectivity index is 1.40. The van der Waals surface area contributed by atoms with Crippen LogP contribution >= 0.6 is 11.3 Å². The summed E-state index contributed by atoms with van der Waals surface area (Å²) in [6.45, 7) is 6.86. The fourth-order valence-electron chi connectivity index (χ4n) is 7.05. The molecule has 0 aliphatic rings. The second-order valence-electron chi connectivity index (χ2n) is 13.3. The molecule has 2 nitrogen and oxygen atoms in total. The van der Waals surface area contributed by atoms with E-state index in [9.17, 15) is 0 Å². The molecular formula is C43H32N2S. The molecule has 9 aromatic rings. The van der Waals surface area contributed by atoms with Gasteiger partial charge in [0.2, 0.25) is 0 Å².